The van der Waals surface area contributed by atoms with Gasteiger partial charge in [-0.15, -0.1) is 0 Å². The highest BCUT2D eigenvalue weighted by Crippen LogP contribution is 2.12. The van der Waals surface area contributed by atoms with Gasteiger partial charge in [-0.2, -0.15) is 0 Å². The van der Waals surface area contributed by atoms with Crippen molar-refractivity contribution in [1.82, 2.24) is 5.32 Å². The average Bonchev–Trinajstić information content (AvgIpc) is 2.05. The fourth-order valence-electron chi connectivity index (χ4n) is 1.46. The van der Waals surface area contributed by atoms with Crippen LogP contribution >= 0.6 is 0 Å². The highest BCUT2D eigenvalue weighted by molar-refractivity contribution is 5.53. The Balaban J connectivity index is 2.07. The summed E-state index contributed by atoms with van der Waals surface area (Å²) in [5.41, 5.74) is 2.69. The molecule has 1 nitrogen and oxygen atoms in total. The van der Waals surface area contributed by atoms with Gasteiger partial charge in [0, 0.05) is 19.0 Å². The predicted molar refractivity (Wildman–Crippen MR) is 56.6 cm³/mol. The van der Waals surface area contributed by atoms with Crippen molar-refractivity contribution >= 4 is 6.08 Å². The summed E-state index contributed by atoms with van der Waals surface area (Å²) in [7, 11) is 0. The molecule has 1 fully saturated rings. The number of rotatable bonds is 2. The Morgan fingerprint density at radius 3 is 2.69 bits per heavy atom. The lowest BCUT2D eigenvalue weighted by atomic mass is 10.0. The second-order valence-corrected chi connectivity index (χ2v) is 3.63. The van der Waals surface area contributed by atoms with E-state index in [1.165, 1.54) is 11.1 Å². The van der Waals surface area contributed by atoms with Gasteiger partial charge in [-0.3, -0.25) is 0 Å². The molecule has 0 amide bonds. The molecular weight excluding hydrogens is 158 g/mol. The molecule has 0 aliphatic carbocycles. The fraction of sp³-hybridized carbons (Fsp3) is 0.333. The predicted octanol–water partition coefficient (Wildman–Crippen LogP) is 2.23. The molecule has 0 atom stereocenters. The van der Waals surface area contributed by atoms with Crippen LogP contribution in [0.2, 0.25) is 0 Å². The maximum absolute atomic E-state index is 3.26. The average molecular weight is 173 g/mol. The molecule has 0 radical (unpaired) electrons. The lowest BCUT2D eigenvalue weighted by molar-refractivity contribution is 0.420. The molecule has 2 rings (SSSR count). The second kappa shape index (κ2) is 3.75. The van der Waals surface area contributed by atoms with E-state index in [1.54, 1.807) is 0 Å². The summed E-state index contributed by atoms with van der Waals surface area (Å²) in [5, 5.41) is 3.26. The van der Waals surface area contributed by atoms with Crippen molar-refractivity contribution < 1.29 is 0 Å². The zero-order valence-electron chi connectivity index (χ0n) is 7.96. The summed E-state index contributed by atoms with van der Waals surface area (Å²) in [6.45, 7) is 4.43. The van der Waals surface area contributed by atoms with E-state index in [0.717, 1.165) is 19.0 Å². The first-order valence-electron chi connectivity index (χ1n) is 4.81. The Labute approximate surface area is 79.5 Å². The summed E-state index contributed by atoms with van der Waals surface area (Å²) >= 11 is 0. The molecule has 1 heteroatoms. The Kier molecular flexibility index (Phi) is 2.46. The van der Waals surface area contributed by atoms with Gasteiger partial charge in [-0.05, 0) is 18.1 Å². The standard InChI is InChI=1S/C12H15N/c1-10-4-2-3-5-12(10)7-6-11-8-13-9-11/h2-7,11,13H,8-9H2,1H3/b7-6+. The Hall–Kier alpha value is -1.08. The second-order valence-electron chi connectivity index (χ2n) is 3.63. The van der Waals surface area contributed by atoms with Crippen LogP contribution < -0.4 is 5.32 Å². The largest absolute Gasteiger partial charge is 0.315 e. The van der Waals surface area contributed by atoms with E-state index < -0.39 is 0 Å². The Morgan fingerprint density at radius 2 is 2.08 bits per heavy atom. The number of nitrogens with one attached hydrogen (secondary N) is 1. The number of benzene rings is 1. The van der Waals surface area contributed by atoms with Crippen LogP contribution in [-0.2, 0) is 0 Å². The van der Waals surface area contributed by atoms with Crippen LogP contribution in [-0.4, -0.2) is 13.1 Å². The minimum Gasteiger partial charge on any atom is -0.315 e. The number of aryl methyl sites for hydroxylation is 1. The van der Waals surface area contributed by atoms with E-state index in [9.17, 15) is 0 Å². The first-order chi connectivity index (χ1) is 6.36. The van der Waals surface area contributed by atoms with E-state index in [-0.39, 0.29) is 0 Å². The normalized spacial score (nSPS) is 17.6. The van der Waals surface area contributed by atoms with Gasteiger partial charge >= 0.3 is 0 Å². The molecule has 1 aromatic rings. The highest BCUT2D eigenvalue weighted by atomic mass is 14.9. The molecular formula is C12H15N. The molecule has 1 aromatic carbocycles. The molecule has 0 aromatic heterocycles. The van der Waals surface area contributed by atoms with Gasteiger partial charge in [-0.25, -0.2) is 0 Å². The van der Waals surface area contributed by atoms with E-state index in [2.05, 4.69) is 48.7 Å². The molecule has 0 unspecified atom stereocenters. The van der Waals surface area contributed by atoms with Crippen LogP contribution in [0.3, 0.4) is 0 Å². The van der Waals surface area contributed by atoms with Crippen molar-refractivity contribution in [3.8, 4) is 0 Å². The highest BCUT2D eigenvalue weighted by Gasteiger charge is 2.11. The van der Waals surface area contributed by atoms with E-state index in [1.807, 2.05) is 0 Å². The smallest absolute Gasteiger partial charge is 0.00267 e. The lowest BCUT2D eigenvalue weighted by Gasteiger charge is -2.23. The summed E-state index contributed by atoms with van der Waals surface area (Å²) in [6.07, 6.45) is 4.54. The molecule has 68 valence electrons. The first-order valence-corrected chi connectivity index (χ1v) is 4.81. The van der Waals surface area contributed by atoms with Crippen molar-refractivity contribution in [3.63, 3.8) is 0 Å². The zero-order valence-corrected chi connectivity index (χ0v) is 7.96. The Morgan fingerprint density at radius 1 is 1.31 bits per heavy atom. The summed E-state index contributed by atoms with van der Waals surface area (Å²) < 4.78 is 0. The molecule has 0 bridgehead atoms. The lowest BCUT2D eigenvalue weighted by Crippen LogP contribution is -2.40. The first kappa shape index (κ1) is 8.52. The number of hydrogen-bond donors (Lipinski definition) is 1. The molecule has 1 heterocycles. The molecule has 1 saturated heterocycles. The van der Waals surface area contributed by atoms with Gasteiger partial charge in [0.2, 0.25) is 0 Å². The molecule has 13 heavy (non-hydrogen) atoms. The van der Waals surface area contributed by atoms with Crippen LogP contribution in [0.1, 0.15) is 11.1 Å². The minimum absolute atomic E-state index is 0.750. The topological polar surface area (TPSA) is 12.0 Å². The van der Waals surface area contributed by atoms with Crippen molar-refractivity contribution in [2.24, 2.45) is 5.92 Å². The van der Waals surface area contributed by atoms with Gasteiger partial charge in [0.25, 0.3) is 0 Å². The van der Waals surface area contributed by atoms with Gasteiger partial charge in [-0.1, -0.05) is 36.4 Å². The quantitative estimate of drug-likeness (QED) is 0.723. The van der Waals surface area contributed by atoms with Crippen molar-refractivity contribution in [1.29, 1.82) is 0 Å². The molecule has 0 saturated carbocycles. The maximum atomic E-state index is 3.26. The molecule has 0 spiro atoms. The third-order valence-corrected chi connectivity index (χ3v) is 2.55. The molecule has 1 aliphatic heterocycles. The maximum Gasteiger partial charge on any atom is 0.00267 e. The monoisotopic (exact) mass is 173 g/mol. The summed E-state index contributed by atoms with van der Waals surface area (Å²) in [5.74, 6) is 0.750. The summed E-state index contributed by atoms with van der Waals surface area (Å²) in [6, 6.07) is 8.49. The molecule has 1 N–H and O–H groups in total. The molecule has 1 aliphatic rings. The van der Waals surface area contributed by atoms with Gasteiger partial charge in [0.05, 0.1) is 0 Å². The van der Waals surface area contributed by atoms with Crippen LogP contribution in [0.25, 0.3) is 6.08 Å². The third kappa shape index (κ3) is 1.99. The van der Waals surface area contributed by atoms with E-state index in [0.29, 0.717) is 0 Å². The van der Waals surface area contributed by atoms with E-state index in [4.69, 9.17) is 0 Å². The zero-order chi connectivity index (χ0) is 9.10. The van der Waals surface area contributed by atoms with Crippen molar-refractivity contribution in [2.45, 2.75) is 6.92 Å². The minimum atomic E-state index is 0.750. The van der Waals surface area contributed by atoms with Crippen LogP contribution in [0.4, 0.5) is 0 Å². The van der Waals surface area contributed by atoms with E-state index >= 15 is 0 Å². The van der Waals surface area contributed by atoms with Crippen LogP contribution in [0.5, 0.6) is 0 Å². The van der Waals surface area contributed by atoms with Crippen LogP contribution in [0.15, 0.2) is 30.3 Å². The van der Waals surface area contributed by atoms with Gasteiger partial charge in [0.1, 0.15) is 0 Å². The fourth-order valence-corrected chi connectivity index (χ4v) is 1.46. The SMILES string of the molecule is Cc1ccccc1/C=C/C1CNC1. The van der Waals surface area contributed by atoms with Crippen LogP contribution in [0, 0.1) is 12.8 Å². The third-order valence-electron chi connectivity index (χ3n) is 2.55. The van der Waals surface area contributed by atoms with Gasteiger partial charge in [0.15, 0.2) is 0 Å². The van der Waals surface area contributed by atoms with Crippen molar-refractivity contribution in [3.05, 3.63) is 41.5 Å². The summed E-state index contributed by atoms with van der Waals surface area (Å²) in [4.78, 5) is 0. The Bertz CT molecular complexity index is 311. The number of hydrogen-bond acceptors (Lipinski definition) is 1. The van der Waals surface area contributed by atoms with Crippen molar-refractivity contribution in [2.75, 3.05) is 13.1 Å². The van der Waals surface area contributed by atoms with Gasteiger partial charge < -0.3 is 5.32 Å².